The van der Waals surface area contributed by atoms with Crippen LogP contribution in [0.4, 0.5) is 4.39 Å². The number of piperidine rings is 1. The van der Waals surface area contributed by atoms with Gasteiger partial charge in [0.05, 0.1) is 24.4 Å². The van der Waals surface area contributed by atoms with Crippen molar-refractivity contribution in [1.29, 1.82) is 0 Å². The molecule has 1 unspecified atom stereocenters. The van der Waals surface area contributed by atoms with Gasteiger partial charge in [0.25, 0.3) is 0 Å². The number of alkyl halides is 1. The Labute approximate surface area is 169 Å². The molecule has 8 heteroatoms. The summed E-state index contributed by atoms with van der Waals surface area (Å²) in [6.45, 7) is 6.30. The standard InChI is InChI=1S/C20H29FN4O2S/c1-3-17-8-18-19(28-17)4-7-27-20(18)5-6-24(14(2)9-20)11-15-12-25(23-22-15)13-16(26)10-21/h8,12,14,16,26H,3-7,9-11,13H2,1-2H3/t14-,16?,20+/m0/s1. The molecule has 0 aromatic carbocycles. The van der Waals surface area contributed by atoms with E-state index in [4.69, 9.17) is 4.74 Å². The van der Waals surface area contributed by atoms with Gasteiger partial charge in [0.15, 0.2) is 0 Å². The summed E-state index contributed by atoms with van der Waals surface area (Å²) in [6, 6.07) is 2.75. The first-order valence-corrected chi connectivity index (χ1v) is 11.0. The van der Waals surface area contributed by atoms with E-state index >= 15 is 0 Å². The summed E-state index contributed by atoms with van der Waals surface area (Å²) in [6.07, 6.45) is 4.86. The number of nitrogens with zero attached hydrogens (tertiary/aromatic N) is 4. The fraction of sp³-hybridized carbons (Fsp3) is 0.700. The highest BCUT2D eigenvalue weighted by molar-refractivity contribution is 7.12. The number of aliphatic hydroxyl groups excluding tert-OH is 1. The largest absolute Gasteiger partial charge is 0.388 e. The number of aliphatic hydroxyl groups is 1. The van der Waals surface area contributed by atoms with Gasteiger partial charge in [-0.15, -0.1) is 16.4 Å². The smallest absolute Gasteiger partial charge is 0.117 e. The minimum Gasteiger partial charge on any atom is -0.388 e. The van der Waals surface area contributed by atoms with Gasteiger partial charge in [-0.05, 0) is 37.8 Å². The monoisotopic (exact) mass is 408 g/mol. The van der Waals surface area contributed by atoms with Crippen molar-refractivity contribution in [2.45, 2.75) is 70.4 Å². The van der Waals surface area contributed by atoms with Crippen LogP contribution >= 0.6 is 11.3 Å². The summed E-state index contributed by atoms with van der Waals surface area (Å²) < 4.78 is 20.4. The van der Waals surface area contributed by atoms with Crippen LogP contribution in [-0.2, 0) is 36.3 Å². The number of ether oxygens (including phenoxy) is 1. The van der Waals surface area contributed by atoms with E-state index in [9.17, 15) is 9.50 Å². The van der Waals surface area contributed by atoms with Crippen LogP contribution in [0.2, 0.25) is 0 Å². The fourth-order valence-electron chi connectivity index (χ4n) is 4.48. The van der Waals surface area contributed by atoms with E-state index in [1.165, 1.54) is 20.0 Å². The number of aromatic nitrogens is 3. The molecule has 6 nitrogen and oxygen atoms in total. The van der Waals surface area contributed by atoms with Crippen LogP contribution in [-0.4, -0.2) is 57.0 Å². The number of halogens is 1. The summed E-state index contributed by atoms with van der Waals surface area (Å²) in [5.74, 6) is 0. The van der Waals surface area contributed by atoms with Crippen molar-refractivity contribution in [3.05, 3.63) is 33.3 Å². The summed E-state index contributed by atoms with van der Waals surface area (Å²) in [4.78, 5) is 5.38. The van der Waals surface area contributed by atoms with Crippen molar-refractivity contribution in [3.63, 3.8) is 0 Å². The molecule has 1 saturated heterocycles. The Kier molecular flexibility index (Phi) is 5.83. The molecule has 0 aliphatic carbocycles. The van der Waals surface area contributed by atoms with Crippen molar-refractivity contribution in [1.82, 2.24) is 19.9 Å². The van der Waals surface area contributed by atoms with Crippen molar-refractivity contribution in [2.75, 3.05) is 19.8 Å². The van der Waals surface area contributed by atoms with E-state index < -0.39 is 12.8 Å². The SMILES string of the molecule is CCc1cc2c(s1)CCO[C@@]21CCN(Cc2cn(CC(O)CF)nn2)[C@@H](C)C1. The molecule has 4 heterocycles. The Hall–Kier alpha value is -1.35. The predicted molar refractivity (Wildman–Crippen MR) is 106 cm³/mol. The number of rotatable bonds is 6. The Morgan fingerprint density at radius 3 is 3.11 bits per heavy atom. The normalized spacial score (nSPS) is 26.5. The Morgan fingerprint density at radius 2 is 2.36 bits per heavy atom. The van der Waals surface area contributed by atoms with Crippen LogP contribution in [0.15, 0.2) is 12.3 Å². The quantitative estimate of drug-likeness (QED) is 0.796. The van der Waals surface area contributed by atoms with Crippen molar-refractivity contribution in [2.24, 2.45) is 0 Å². The molecule has 28 heavy (non-hydrogen) atoms. The second-order valence-corrected chi connectivity index (χ2v) is 9.23. The van der Waals surface area contributed by atoms with E-state index in [0.29, 0.717) is 12.6 Å². The number of likely N-dealkylation sites (tertiary alicyclic amines) is 1. The molecule has 2 aromatic rings. The van der Waals surface area contributed by atoms with E-state index in [1.54, 1.807) is 6.20 Å². The molecule has 1 fully saturated rings. The molecular weight excluding hydrogens is 379 g/mol. The maximum Gasteiger partial charge on any atom is 0.117 e. The number of aryl methyl sites for hydroxylation is 1. The molecule has 0 saturated carbocycles. The number of hydrogen-bond donors (Lipinski definition) is 1. The van der Waals surface area contributed by atoms with Gasteiger partial charge in [0, 0.05) is 41.5 Å². The van der Waals surface area contributed by atoms with Gasteiger partial charge in [0.1, 0.15) is 12.8 Å². The van der Waals surface area contributed by atoms with Crippen LogP contribution < -0.4 is 0 Å². The lowest BCUT2D eigenvalue weighted by atomic mass is 9.79. The molecule has 1 spiro atoms. The molecule has 0 amide bonds. The molecular formula is C20H29FN4O2S. The average molecular weight is 409 g/mol. The van der Waals surface area contributed by atoms with E-state index in [-0.39, 0.29) is 12.1 Å². The van der Waals surface area contributed by atoms with Crippen molar-refractivity contribution >= 4 is 11.3 Å². The fourth-order valence-corrected chi connectivity index (χ4v) is 5.66. The van der Waals surface area contributed by atoms with Crippen molar-refractivity contribution < 1.29 is 14.2 Å². The summed E-state index contributed by atoms with van der Waals surface area (Å²) in [5, 5.41) is 17.6. The number of fused-ring (bicyclic) bond motifs is 2. The lowest BCUT2D eigenvalue weighted by Gasteiger charge is -2.47. The predicted octanol–water partition coefficient (Wildman–Crippen LogP) is 2.68. The van der Waals surface area contributed by atoms with Gasteiger partial charge in [-0.3, -0.25) is 4.90 Å². The van der Waals surface area contributed by atoms with E-state index in [0.717, 1.165) is 44.5 Å². The Balaban J connectivity index is 1.43. The molecule has 3 atom stereocenters. The molecule has 0 radical (unpaired) electrons. The van der Waals surface area contributed by atoms with Gasteiger partial charge >= 0.3 is 0 Å². The zero-order valence-electron chi connectivity index (χ0n) is 16.6. The van der Waals surface area contributed by atoms with Gasteiger partial charge < -0.3 is 9.84 Å². The zero-order chi connectivity index (χ0) is 19.7. The Bertz CT molecular complexity index is 810. The van der Waals surface area contributed by atoms with Crippen LogP contribution in [0, 0.1) is 0 Å². The zero-order valence-corrected chi connectivity index (χ0v) is 17.4. The lowest BCUT2D eigenvalue weighted by Crippen LogP contribution is -2.50. The van der Waals surface area contributed by atoms with Crippen molar-refractivity contribution in [3.8, 4) is 0 Å². The third-order valence-electron chi connectivity index (χ3n) is 5.99. The average Bonchev–Trinajstić information content (AvgIpc) is 3.31. The Morgan fingerprint density at radius 1 is 1.50 bits per heavy atom. The van der Waals surface area contributed by atoms with Crippen LogP contribution in [0.25, 0.3) is 0 Å². The molecule has 2 aliphatic rings. The molecule has 4 rings (SSSR count). The first-order chi connectivity index (χ1) is 13.5. The third-order valence-corrected chi connectivity index (χ3v) is 7.32. The number of thiophene rings is 1. The molecule has 1 N–H and O–H groups in total. The van der Waals surface area contributed by atoms with E-state index in [1.807, 2.05) is 11.3 Å². The second-order valence-electron chi connectivity index (χ2n) is 8.01. The van der Waals surface area contributed by atoms with Crippen LogP contribution in [0.5, 0.6) is 0 Å². The minimum absolute atomic E-state index is 0.136. The number of hydrogen-bond acceptors (Lipinski definition) is 6. The topological polar surface area (TPSA) is 63.4 Å². The summed E-state index contributed by atoms with van der Waals surface area (Å²) >= 11 is 1.96. The third kappa shape index (κ3) is 3.87. The van der Waals surface area contributed by atoms with Crippen LogP contribution in [0.3, 0.4) is 0 Å². The highest BCUT2D eigenvalue weighted by Crippen LogP contribution is 2.46. The van der Waals surface area contributed by atoms with Gasteiger partial charge in [-0.25, -0.2) is 9.07 Å². The molecule has 2 aliphatic heterocycles. The minimum atomic E-state index is -1.03. The molecule has 2 aromatic heterocycles. The van der Waals surface area contributed by atoms with Gasteiger partial charge in [0.2, 0.25) is 0 Å². The second kappa shape index (κ2) is 8.18. The summed E-state index contributed by atoms with van der Waals surface area (Å²) in [7, 11) is 0. The van der Waals surface area contributed by atoms with Gasteiger partial charge in [-0.1, -0.05) is 12.1 Å². The highest BCUT2D eigenvalue weighted by Gasteiger charge is 2.44. The molecule has 154 valence electrons. The summed E-state index contributed by atoms with van der Waals surface area (Å²) in [5.41, 5.74) is 2.14. The molecule has 0 bridgehead atoms. The first kappa shape index (κ1) is 19.9. The van der Waals surface area contributed by atoms with Gasteiger partial charge in [-0.2, -0.15) is 0 Å². The first-order valence-electron chi connectivity index (χ1n) is 10.2. The van der Waals surface area contributed by atoms with E-state index in [2.05, 4.69) is 35.1 Å². The highest BCUT2D eigenvalue weighted by atomic mass is 32.1. The maximum absolute atomic E-state index is 12.5. The maximum atomic E-state index is 12.5. The lowest BCUT2D eigenvalue weighted by molar-refractivity contribution is -0.112. The van der Waals surface area contributed by atoms with Crippen LogP contribution in [0.1, 0.15) is 47.7 Å².